The third-order valence-electron chi connectivity index (χ3n) is 4.59. The molecule has 0 bridgehead atoms. The fraction of sp³-hybridized carbons (Fsp3) is 0.529. The number of carbonyl (C=O) groups excluding carboxylic acids is 2. The largest absolute Gasteiger partial charge is 0.341 e. The van der Waals surface area contributed by atoms with Gasteiger partial charge in [-0.15, -0.1) is 0 Å². The molecule has 0 radical (unpaired) electrons. The summed E-state index contributed by atoms with van der Waals surface area (Å²) >= 11 is 0. The zero-order valence-electron chi connectivity index (χ0n) is 12.6. The van der Waals surface area contributed by atoms with Crippen LogP contribution in [0.5, 0.6) is 0 Å². The van der Waals surface area contributed by atoms with Crippen molar-refractivity contribution in [2.75, 3.05) is 26.2 Å². The molecule has 0 N–H and O–H groups in total. The number of benzene rings is 1. The van der Waals surface area contributed by atoms with E-state index in [2.05, 4.69) is 0 Å². The molecule has 0 saturated carbocycles. The summed E-state index contributed by atoms with van der Waals surface area (Å²) in [6, 6.07) is 9.93. The van der Waals surface area contributed by atoms with E-state index in [1.807, 2.05) is 30.3 Å². The van der Waals surface area contributed by atoms with Gasteiger partial charge in [-0.2, -0.15) is 0 Å². The Balaban J connectivity index is 1.57. The van der Waals surface area contributed by atoms with Crippen LogP contribution in [-0.2, 0) is 9.59 Å². The summed E-state index contributed by atoms with van der Waals surface area (Å²) in [6.45, 7) is 1.64. The van der Waals surface area contributed by atoms with Gasteiger partial charge >= 0.3 is 0 Å². The van der Waals surface area contributed by atoms with Crippen molar-refractivity contribution in [3.8, 4) is 0 Å². The molecule has 3 rings (SSSR count). The molecular weight excluding hydrogens is 283 g/mol. The fourth-order valence-electron chi connectivity index (χ4n) is 3.23. The predicted octanol–water partition coefficient (Wildman–Crippen LogP) is 1.96. The first kappa shape index (κ1) is 15.0. The lowest BCUT2D eigenvalue weighted by Gasteiger charge is -2.30. The number of hydrogen-bond donors (Lipinski definition) is 0. The highest BCUT2D eigenvalue weighted by Crippen LogP contribution is 2.28. The van der Waals surface area contributed by atoms with E-state index < -0.39 is 6.17 Å². The number of halogens is 1. The molecule has 1 aromatic rings. The van der Waals surface area contributed by atoms with Crippen molar-refractivity contribution in [1.29, 1.82) is 0 Å². The fourth-order valence-corrected chi connectivity index (χ4v) is 3.23. The van der Waals surface area contributed by atoms with Crippen molar-refractivity contribution in [2.45, 2.75) is 31.4 Å². The van der Waals surface area contributed by atoms with Gasteiger partial charge in [0.2, 0.25) is 11.8 Å². The van der Waals surface area contributed by atoms with Crippen LogP contribution in [0.15, 0.2) is 30.3 Å². The molecule has 4 nitrogen and oxygen atoms in total. The number of amides is 2. The van der Waals surface area contributed by atoms with Gasteiger partial charge in [0.25, 0.3) is 0 Å². The van der Waals surface area contributed by atoms with Gasteiger partial charge in [-0.05, 0) is 18.4 Å². The van der Waals surface area contributed by atoms with Crippen LogP contribution in [0.4, 0.5) is 4.39 Å². The Hall–Kier alpha value is -1.91. The first-order valence-electron chi connectivity index (χ1n) is 7.88. The minimum absolute atomic E-state index is 0.0302. The van der Waals surface area contributed by atoms with Crippen molar-refractivity contribution in [3.05, 3.63) is 35.9 Å². The van der Waals surface area contributed by atoms with Gasteiger partial charge in [-0.1, -0.05) is 30.3 Å². The highest BCUT2D eigenvalue weighted by Gasteiger charge is 2.33. The zero-order valence-corrected chi connectivity index (χ0v) is 12.6. The number of hydrogen-bond acceptors (Lipinski definition) is 2. The van der Waals surface area contributed by atoms with Crippen LogP contribution >= 0.6 is 0 Å². The van der Waals surface area contributed by atoms with Crippen LogP contribution in [-0.4, -0.2) is 54.0 Å². The van der Waals surface area contributed by atoms with Gasteiger partial charge in [0.1, 0.15) is 6.17 Å². The van der Waals surface area contributed by atoms with Crippen molar-refractivity contribution in [1.82, 2.24) is 9.80 Å². The van der Waals surface area contributed by atoms with Crippen molar-refractivity contribution >= 4 is 11.8 Å². The zero-order chi connectivity index (χ0) is 15.5. The summed E-state index contributed by atoms with van der Waals surface area (Å²) in [5.74, 6) is 0.134. The molecule has 0 spiro atoms. The summed E-state index contributed by atoms with van der Waals surface area (Å²) in [4.78, 5) is 27.7. The molecule has 0 unspecified atom stereocenters. The number of alkyl halides is 1. The summed E-state index contributed by atoms with van der Waals surface area (Å²) in [5, 5.41) is 0. The average Bonchev–Trinajstić information content (AvgIpc) is 2.90. The van der Waals surface area contributed by atoms with Crippen molar-refractivity contribution in [2.24, 2.45) is 0 Å². The standard InChI is InChI=1S/C17H21FN2O2/c18-15-6-8-19(9-7-15)17(22)12-20-11-14(10-16(20)21)13-4-2-1-3-5-13/h1-5,14-15H,6-12H2/t14-/m0/s1. The molecule has 22 heavy (non-hydrogen) atoms. The number of piperidine rings is 1. The molecule has 118 valence electrons. The summed E-state index contributed by atoms with van der Waals surface area (Å²) < 4.78 is 13.1. The van der Waals surface area contributed by atoms with Crippen molar-refractivity contribution in [3.63, 3.8) is 0 Å². The van der Waals surface area contributed by atoms with Crippen LogP contribution in [0, 0.1) is 0 Å². The van der Waals surface area contributed by atoms with Crippen LogP contribution in [0.2, 0.25) is 0 Å². The molecule has 1 aromatic carbocycles. The predicted molar refractivity (Wildman–Crippen MR) is 81.1 cm³/mol. The topological polar surface area (TPSA) is 40.6 Å². The Morgan fingerprint density at radius 1 is 1.18 bits per heavy atom. The minimum atomic E-state index is -0.792. The number of carbonyl (C=O) groups is 2. The lowest BCUT2D eigenvalue weighted by atomic mass is 9.99. The number of rotatable bonds is 3. The Morgan fingerprint density at radius 3 is 2.55 bits per heavy atom. The van der Waals surface area contributed by atoms with E-state index in [1.165, 1.54) is 0 Å². The first-order chi connectivity index (χ1) is 10.6. The highest BCUT2D eigenvalue weighted by molar-refractivity contribution is 5.86. The molecule has 2 amide bonds. The third-order valence-corrected chi connectivity index (χ3v) is 4.59. The van der Waals surface area contributed by atoms with Gasteiger partial charge in [-0.25, -0.2) is 4.39 Å². The molecule has 0 aliphatic carbocycles. The van der Waals surface area contributed by atoms with E-state index in [4.69, 9.17) is 0 Å². The maximum Gasteiger partial charge on any atom is 0.242 e. The molecule has 1 atom stereocenters. The second kappa shape index (κ2) is 6.46. The summed E-state index contributed by atoms with van der Waals surface area (Å²) in [5.41, 5.74) is 1.14. The molecule has 2 fully saturated rings. The summed E-state index contributed by atoms with van der Waals surface area (Å²) in [6.07, 6.45) is 0.489. The Morgan fingerprint density at radius 2 is 1.86 bits per heavy atom. The van der Waals surface area contributed by atoms with Gasteiger partial charge < -0.3 is 9.80 Å². The molecule has 2 aliphatic rings. The average molecular weight is 304 g/mol. The molecular formula is C17H21FN2O2. The van der Waals surface area contributed by atoms with E-state index in [0.717, 1.165) is 5.56 Å². The third kappa shape index (κ3) is 3.29. The maximum absolute atomic E-state index is 13.1. The second-order valence-corrected chi connectivity index (χ2v) is 6.14. The Kier molecular flexibility index (Phi) is 4.41. The lowest BCUT2D eigenvalue weighted by molar-refractivity contribution is -0.139. The Labute approximate surface area is 129 Å². The maximum atomic E-state index is 13.1. The Bertz CT molecular complexity index is 541. The number of nitrogens with zero attached hydrogens (tertiary/aromatic N) is 2. The quantitative estimate of drug-likeness (QED) is 0.856. The SMILES string of the molecule is O=C(CN1C[C@@H](c2ccccc2)CC1=O)N1CCC(F)CC1. The minimum Gasteiger partial charge on any atom is -0.341 e. The van der Waals surface area contributed by atoms with E-state index in [-0.39, 0.29) is 24.3 Å². The lowest BCUT2D eigenvalue weighted by Crippen LogP contribution is -2.44. The van der Waals surface area contributed by atoms with Gasteiger partial charge in [0.15, 0.2) is 0 Å². The van der Waals surface area contributed by atoms with Crippen molar-refractivity contribution < 1.29 is 14.0 Å². The number of likely N-dealkylation sites (tertiary alicyclic amines) is 2. The van der Waals surface area contributed by atoms with E-state index in [1.54, 1.807) is 9.80 Å². The van der Waals surface area contributed by atoms with E-state index in [0.29, 0.717) is 38.9 Å². The molecule has 2 heterocycles. The van der Waals surface area contributed by atoms with Gasteiger partial charge in [-0.3, -0.25) is 9.59 Å². The van der Waals surface area contributed by atoms with Gasteiger partial charge in [0, 0.05) is 32.0 Å². The van der Waals surface area contributed by atoms with Crippen LogP contribution in [0.1, 0.15) is 30.7 Å². The van der Waals surface area contributed by atoms with Gasteiger partial charge in [0.05, 0.1) is 6.54 Å². The van der Waals surface area contributed by atoms with Crippen LogP contribution < -0.4 is 0 Å². The normalized spacial score (nSPS) is 23.1. The van der Waals surface area contributed by atoms with Crippen LogP contribution in [0.25, 0.3) is 0 Å². The molecule has 2 aliphatic heterocycles. The molecule has 0 aromatic heterocycles. The monoisotopic (exact) mass is 304 g/mol. The van der Waals surface area contributed by atoms with E-state index >= 15 is 0 Å². The molecule has 2 saturated heterocycles. The van der Waals surface area contributed by atoms with E-state index in [9.17, 15) is 14.0 Å². The second-order valence-electron chi connectivity index (χ2n) is 6.14. The van der Waals surface area contributed by atoms with Crippen LogP contribution in [0.3, 0.4) is 0 Å². The molecule has 5 heteroatoms. The highest BCUT2D eigenvalue weighted by atomic mass is 19.1. The summed E-state index contributed by atoms with van der Waals surface area (Å²) in [7, 11) is 0. The smallest absolute Gasteiger partial charge is 0.242 e. The first-order valence-corrected chi connectivity index (χ1v) is 7.88.